The number of aryl methyl sites for hydroxylation is 1. The van der Waals surface area contributed by atoms with Gasteiger partial charge < -0.3 is 9.47 Å². The first-order valence-electron chi connectivity index (χ1n) is 6.48. The molecule has 0 bridgehead atoms. The normalized spacial score (nSPS) is 11.0. The number of hydrogen-bond acceptors (Lipinski definition) is 3. The van der Waals surface area contributed by atoms with Crippen molar-refractivity contribution < 1.29 is 4.39 Å². The molecule has 108 valence electrons. The molecule has 0 aliphatic heterocycles. The van der Waals surface area contributed by atoms with Crippen LogP contribution in [0.15, 0.2) is 41.1 Å². The summed E-state index contributed by atoms with van der Waals surface area (Å²) in [6.45, 7) is 0.640. The number of nitrogens with zero attached hydrogens (tertiary/aromatic N) is 4. The quantitative estimate of drug-likeness (QED) is 0.726. The molecule has 1 aromatic carbocycles. The number of anilines is 1. The fraction of sp³-hybridized carbons (Fsp3) is 0.200. The highest BCUT2D eigenvalue weighted by molar-refractivity contribution is 9.10. The SMILES string of the molecule is CN(Cc1nccn1C)c1ccc2cc(Br)c(F)cc2n1. The van der Waals surface area contributed by atoms with E-state index in [0.717, 1.165) is 17.0 Å². The van der Waals surface area contributed by atoms with Gasteiger partial charge in [0, 0.05) is 37.9 Å². The molecule has 4 nitrogen and oxygen atoms in total. The first-order valence-corrected chi connectivity index (χ1v) is 7.27. The lowest BCUT2D eigenvalue weighted by atomic mass is 10.2. The van der Waals surface area contributed by atoms with Crippen LogP contribution in [0.25, 0.3) is 10.9 Å². The van der Waals surface area contributed by atoms with Crippen LogP contribution in [0.4, 0.5) is 10.2 Å². The van der Waals surface area contributed by atoms with Gasteiger partial charge >= 0.3 is 0 Å². The average molecular weight is 349 g/mol. The van der Waals surface area contributed by atoms with Crippen LogP contribution in [0, 0.1) is 5.82 Å². The maximum Gasteiger partial charge on any atom is 0.139 e. The molecule has 6 heteroatoms. The van der Waals surface area contributed by atoms with Crippen LogP contribution < -0.4 is 4.90 Å². The van der Waals surface area contributed by atoms with E-state index in [4.69, 9.17) is 0 Å². The first-order chi connectivity index (χ1) is 10.0. The van der Waals surface area contributed by atoms with Gasteiger partial charge in [-0.15, -0.1) is 0 Å². The topological polar surface area (TPSA) is 34.0 Å². The van der Waals surface area contributed by atoms with Gasteiger partial charge in [-0.1, -0.05) is 0 Å². The third-order valence-corrected chi connectivity index (χ3v) is 4.01. The Morgan fingerprint density at radius 3 is 2.86 bits per heavy atom. The van der Waals surface area contributed by atoms with E-state index in [9.17, 15) is 4.39 Å². The number of imidazole rings is 1. The third kappa shape index (κ3) is 2.76. The lowest BCUT2D eigenvalue weighted by molar-refractivity contribution is 0.623. The van der Waals surface area contributed by atoms with Gasteiger partial charge in [-0.2, -0.15) is 0 Å². The van der Waals surface area contributed by atoms with Gasteiger partial charge in [0.15, 0.2) is 0 Å². The van der Waals surface area contributed by atoms with Gasteiger partial charge in [-0.05, 0) is 34.1 Å². The molecule has 0 amide bonds. The molecule has 21 heavy (non-hydrogen) atoms. The van der Waals surface area contributed by atoms with Crippen molar-refractivity contribution in [2.45, 2.75) is 6.54 Å². The Kier molecular flexibility index (Phi) is 3.63. The van der Waals surface area contributed by atoms with Gasteiger partial charge in [0.05, 0.1) is 16.5 Å². The zero-order valence-electron chi connectivity index (χ0n) is 11.7. The number of fused-ring (bicyclic) bond motifs is 1. The highest BCUT2D eigenvalue weighted by Gasteiger charge is 2.09. The van der Waals surface area contributed by atoms with E-state index in [1.807, 2.05) is 41.9 Å². The van der Waals surface area contributed by atoms with Crippen molar-refractivity contribution in [1.29, 1.82) is 0 Å². The largest absolute Gasteiger partial charge is 0.352 e. The zero-order valence-corrected chi connectivity index (χ0v) is 13.3. The molecule has 0 unspecified atom stereocenters. The van der Waals surface area contributed by atoms with Gasteiger partial charge in [-0.25, -0.2) is 14.4 Å². The number of benzene rings is 1. The summed E-state index contributed by atoms with van der Waals surface area (Å²) in [5.41, 5.74) is 0.639. The van der Waals surface area contributed by atoms with Crippen molar-refractivity contribution in [3.05, 3.63) is 52.8 Å². The molecular weight excluding hydrogens is 335 g/mol. The molecule has 0 aliphatic rings. The second-order valence-electron chi connectivity index (χ2n) is 4.94. The van der Waals surface area contributed by atoms with E-state index in [1.54, 1.807) is 12.3 Å². The van der Waals surface area contributed by atoms with E-state index in [1.165, 1.54) is 6.07 Å². The third-order valence-electron chi connectivity index (χ3n) is 3.41. The van der Waals surface area contributed by atoms with Crippen molar-refractivity contribution in [3.8, 4) is 0 Å². The van der Waals surface area contributed by atoms with Gasteiger partial charge in [0.1, 0.15) is 17.5 Å². The second-order valence-corrected chi connectivity index (χ2v) is 5.79. The van der Waals surface area contributed by atoms with E-state index in [0.29, 0.717) is 16.5 Å². The minimum atomic E-state index is -0.307. The summed E-state index contributed by atoms with van der Waals surface area (Å²) in [4.78, 5) is 10.8. The molecular formula is C15H14BrFN4. The Hall–Kier alpha value is -1.95. The maximum atomic E-state index is 13.6. The predicted molar refractivity (Wildman–Crippen MR) is 84.7 cm³/mol. The Morgan fingerprint density at radius 2 is 2.14 bits per heavy atom. The van der Waals surface area contributed by atoms with E-state index >= 15 is 0 Å². The Balaban J connectivity index is 1.93. The standard InChI is InChI=1S/C15H14BrFN4/c1-20-6-5-18-15(20)9-21(2)14-4-3-10-7-11(16)12(17)8-13(10)19-14/h3-8H,9H2,1-2H3. The minimum absolute atomic E-state index is 0.307. The Bertz CT molecular complexity index is 799. The summed E-state index contributed by atoms with van der Waals surface area (Å²) in [6.07, 6.45) is 3.67. The summed E-state index contributed by atoms with van der Waals surface area (Å²) in [6, 6.07) is 7.05. The van der Waals surface area contributed by atoms with E-state index < -0.39 is 0 Å². The van der Waals surface area contributed by atoms with E-state index in [2.05, 4.69) is 25.9 Å². The number of aromatic nitrogens is 3. The second kappa shape index (κ2) is 5.44. The monoisotopic (exact) mass is 348 g/mol. The summed E-state index contributed by atoms with van der Waals surface area (Å²) >= 11 is 3.19. The Labute approximate surface area is 130 Å². The van der Waals surface area contributed by atoms with Gasteiger partial charge in [-0.3, -0.25) is 0 Å². The number of rotatable bonds is 3. The molecule has 0 N–H and O–H groups in total. The highest BCUT2D eigenvalue weighted by atomic mass is 79.9. The zero-order chi connectivity index (χ0) is 15.0. The minimum Gasteiger partial charge on any atom is -0.352 e. The lowest BCUT2D eigenvalue weighted by Gasteiger charge is -2.18. The first kappa shape index (κ1) is 14.0. The number of halogens is 2. The van der Waals surface area contributed by atoms with E-state index in [-0.39, 0.29) is 5.82 Å². The molecule has 0 radical (unpaired) electrons. The van der Waals surface area contributed by atoms with Crippen molar-refractivity contribution in [2.75, 3.05) is 11.9 Å². The summed E-state index contributed by atoms with van der Waals surface area (Å²) < 4.78 is 16.0. The van der Waals surface area contributed by atoms with Crippen LogP contribution in [0.5, 0.6) is 0 Å². The number of hydrogen-bond donors (Lipinski definition) is 0. The lowest BCUT2D eigenvalue weighted by Crippen LogP contribution is -2.20. The summed E-state index contributed by atoms with van der Waals surface area (Å²) in [7, 11) is 3.90. The highest BCUT2D eigenvalue weighted by Crippen LogP contribution is 2.24. The number of pyridine rings is 1. The van der Waals surface area contributed by atoms with Crippen LogP contribution in [0.3, 0.4) is 0 Å². The molecule has 3 aromatic rings. The van der Waals surface area contributed by atoms with Crippen LogP contribution in [0.2, 0.25) is 0 Å². The molecule has 2 aromatic heterocycles. The maximum absolute atomic E-state index is 13.6. The van der Waals surface area contributed by atoms with Crippen molar-refractivity contribution in [1.82, 2.24) is 14.5 Å². The van der Waals surface area contributed by atoms with Crippen LogP contribution in [-0.4, -0.2) is 21.6 Å². The van der Waals surface area contributed by atoms with Crippen molar-refractivity contribution in [3.63, 3.8) is 0 Å². The molecule has 0 saturated carbocycles. The summed E-state index contributed by atoms with van der Waals surface area (Å²) in [5, 5.41) is 0.900. The molecule has 0 spiro atoms. The van der Waals surface area contributed by atoms with Crippen LogP contribution in [-0.2, 0) is 13.6 Å². The predicted octanol–water partition coefficient (Wildman–Crippen LogP) is 3.51. The van der Waals surface area contributed by atoms with Crippen molar-refractivity contribution in [2.24, 2.45) is 7.05 Å². The molecule has 0 saturated heterocycles. The van der Waals surface area contributed by atoms with Crippen LogP contribution >= 0.6 is 15.9 Å². The van der Waals surface area contributed by atoms with Crippen molar-refractivity contribution >= 4 is 32.7 Å². The Morgan fingerprint density at radius 1 is 1.33 bits per heavy atom. The molecule has 0 atom stereocenters. The van der Waals surface area contributed by atoms with Gasteiger partial charge in [0.2, 0.25) is 0 Å². The fourth-order valence-electron chi connectivity index (χ4n) is 2.16. The van der Waals surface area contributed by atoms with Gasteiger partial charge in [0.25, 0.3) is 0 Å². The molecule has 2 heterocycles. The fourth-order valence-corrected chi connectivity index (χ4v) is 2.52. The molecule has 0 aliphatic carbocycles. The molecule has 3 rings (SSSR count). The summed E-state index contributed by atoms with van der Waals surface area (Å²) in [5.74, 6) is 1.42. The smallest absolute Gasteiger partial charge is 0.139 e. The average Bonchev–Trinajstić information content (AvgIpc) is 2.85. The van der Waals surface area contributed by atoms with Crippen LogP contribution in [0.1, 0.15) is 5.82 Å². The molecule has 0 fully saturated rings.